The van der Waals surface area contributed by atoms with Crippen molar-refractivity contribution in [2.75, 3.05) is 11.9 Å². The highest BCUT2D eigenvalue weighted by molar-refractivity contribution is 7.98. The molecule has 2 heterocycles. The van der Waals surface area contributed by atoms with Gasteiger partial charge in [-0.2, -0.15) is 4.98 Å². The second-order valence-corrected chi connectivity index (χ2v) is 12.6. The first-order valence-corrected chi connectivity index (χ1v) is 16.9. The molecule has 1 saturated carbocycles. The number of nitrogens with one attached hydrogen (secondary N) is 1. The number of carbonyl (C=O) groups is 1. The summed E-state index contributed by atoms with van der Waals surface area (Å²) < 4.78 is 34.3. The van der Waals surface area contributed by atoms with Gasteiger partial charge in [-0.05, 0) is 74.9 Å². The van der Waals surface area contributed by atoms with Gasteiger partial charge in [0.05, 0.1) is 12.2 Å². The largest absolute Gasteiger partial charge is 0.490 e. The number of allylic oxidation sites excluding steroid dienone is 1. The van der Waals surface area contributed by atoms with Gasteiger partial charge in [-0.25, -0.2) is 13.9 Å². The van der Waals surface area contributed by atoms with E-state index in [1.54, 1.807) is 22.9 Å². The van der Waals surface area contributed by atoms with Gasteiger partial charge in [-0.1, -0.05) is 72.2 Å². The molecule has 0 spiro atoms. The van der Waals surface area contributed by atoms with Gasteiger partial charge in [0.2, 0.25) is 11.1 Å². The summed E-state index contributed by atoms with van der Waals surface area (Å²) in [5.41, 5.74) is 3.24. The predicted molar refractivity (Wildman–Crippen MR) is 177 cm³/mol. The van der Waals surface area contributed by atoms with Crippen LogP contribution < -0.4 is 14.8 Å². The van der Waals surface area contributed by atoms with Gasteiger partial charge in [0, 0.05) is 22.0 Å². The second kappa shape index (κ2) is 14.6. The van der Waals surface area contributed by atoms with Crippen molar-refractivity contribution in [2.24, 2.45) is 0 Å². The first-order valence-electron chi connectivity index (χ1n) is 15.6. The van der Waals surface area contributed by atoms with E-state index in [0.29, 0.717) is 56.8 Å². The highest BCUT2D eigenvalue weighted by Gasteiger charge is 2.37. The standard InChI is InChI=1S/C35H36ClFN4O4S/c1-3-43-30-19-23(17-18-29(30)44-20-24-11-7-9-15-27(24)36)32-31(33(42)45-26-13-5-4-6-14-26)22(2)38-34-39-35(40-41(32)34)46-21-25-12-8-10-16-28(25)37/h7-12,15-19,26,32H,3-6,13-14,20-21H2,1-2H3,(H,38,39,40). The zero-order chi connectivity index (χ0) is 32.0. The number of halogens is 2. The maximum Gasteiger partial charge on any atom is 0.338 e. The molecule has 1 aliphatic carbocycles. The maximum atomic E-state index is 14.3. The number of hydrogen-bond donors (Lipinski definition) is 1. The molecule has 1 unspecified atom stereocenters. The Kier molecular flexibility index (Phi) is 10.1. The number of benzene rings is 3. The molecule has 11 heteroatoms. The van der Waals surface area contributed by atoms with Crippen molar-refractivity contribution in [2.45, 2.75) is 75.6 Å². The molecule has 4 aromatic rings. The van der Waals surface area contributed by atoms with E-state index in [-0.39, 0.29) is 24.5 Å². The Labute approximate surface area is 277 Å². The molecule has 8 nitrogen and oxygen atoms in total. The van der Waals surface area contributed by atoms with Crippen molar-refractivity contribution in [1.29, 1.82) is 0 Å². The Morgan fingerprint density at radius 2 is 1.78 bits per heavy atom. The Morgan fingerprint density at radius 3 is 2.54 bits per heavy atom. The zero-order valence-corrected chi connectivity index (χ0v) is 27.4. The maximum absolute atomic E-state index is 14.3. The third-order valence-corrected chi connectivity index (χ3v) is 9.37. The summed E-state index contributed by atoms with van der Waals surface area (Å²) in [5.74, 6) is 1.24. The lowest BCUT2D eigenvalue weighted by atomic mass is 9.94. The van der Waals surface area contributed by atoms with E-state index < -0.39 is 6.04 Å². The van der Waals surface area contributed by atoms with Crippen molar-refractivity contribution in [3.05, 3.63) is 106 Å². The molecule has 1 N–H and O–H groups in total. The number of fused-ring (bicyclic) bond motifs is 1. The van der Waals surface area contributed by atoms with E-state index in [1.807, 2.05) is 56.3 Å². The van der Waals surface area contributed by atoms with Gasteiger partial charge in [0.25, 0.3) is 0 Å². The molecule has 1 fully saturated rings. The van der Waals surface area contributed by atoms with E-state index >= 15 is 0 Å². The van der Waals surface area contributed by atoms with Crippen LogP contribution in [0.2, 0.25) is 5.02 Å². The third kappa shape index (κ3) is 7.18. The summed E-state index contributed by atoms with van der Waals surface area (Å²) >= 11 is 7.68. The second-order valence-electron chi connectivity index (χ2n) is 11.3. The fourth-order valence-electron chi connectivity index (χ4n) is 5.77. The highest BCUT2D eigenvalue weighted by atomic mass is 35.5. The molecular formula is C35H36ClFN4O4S. The summed E-state index contributed by atoms with van der Waals surface area (Å²) in [6, 6.07) is 19.1. The molecule has 240 valence electrons. The molecule has 2 aliphatic rings. The topological polar surface area (TPSA) is 87.5 Å². The van der Waals surface area contributed by atoms with Crippen LogP contribution in [0.25, 0.3) is 0 Å². The molecule has 0 radical (unpaired) electrons. The Morgan fingerprint density at radius 1 is 1.02 bits per heavy atom. The highest BCUT2D eigenvalue weighted by Crippen LogP contribution is 2.41. The van der Waals surface area contributed by atoms with Gasteiger partial charge in [0.15, 0.2) is 11.5 Å². The summed E-state index contributed by atoms with van der Waals surface area (Å²) in [5, 5.41) is 9.15. The summed E-state index contributed by atoms with van der Waals surface area (Å²) in [7, 11) is 0. The molecule has 0 amide bonds. The molecule has 0 saturated heterocycles. The molecule has 1 atom stereocenters. The molecule has 1 aliphatic heterocycles. The van der Waals surface area contributed by atoms with Crippen LogP contribution in [0.1, 0.15) is 68.7 Å². The average Bonchev–Trinajstić information content (AvgIpc) is 3.46. The smallest absolute Gasteiger partial charge is 0.338 e. The zero-order valence-electron chi connectivity index (χ0n) is 25.8. The monoisotopic (exact) mass is 662 g/mol. The fraction of sp³-hybridized carbons (Fsp3) is 0.343. The van der Waals surface area contributed by atoms with Gasteiger partial charge in [0.1, 0.15) is 24.6 Å². The van der Waals surface area contributed by atoms with Crippen LogP contribution in [-0.4, -0.2) is 33.4 Å². The van der Waals surface area contributed by atoms with Crippen LogP contribution in [0, 0.1) is 5.82 Å². The number of rotatable bonds is 11. The van der Waals surface area contributed by atoms with E-state index in [0.717, 1.165) is 43.2 Å². The van der Waals surface area contributed by atoms with E-state index in [9.17, 15) is 9.18 Å². The van der Waals surface area contributed by atoms with Crippen LogP contribution >= 0.6 is 23.4 Å². The summed E-state index contributed by atoms with van der Waals surface area (Å²) in [4.78, 5) is 18.6. The molecule has 3 aromatic carbocycles. The number of carbonyl (C=O) groups excluding carboxylic acids is 1. The minimum atomic E-state index is -0.653. The van der Waals surface area contributed by atoms with Crippen molar-refractivity contribution < 1.29 is 23.4 Å². The van der Waals surface area contributed by atoms with Crippen LogP contribution in [0.5, 0.6) is 11.5 Å². The van der Waals surface area contributed by atoms with Crippen LogP contribution in [0.4, 0.5) is 10.3 Å². The third-order valence-electron chi connectivity index (χ3n) is 8.12. The number of anilines is 1. The van der Waals surface area contributed by atoms with E-state index in [2.05, 4.69) is 5.32 Å². The number of aromatic nitrogens is 3. The molecule has 0 bridgehead atoms. The number of esters is 1. The average molecular weight is 663 g/mol. The van der Waals surface area contributed by atoms with Gasteiger partial charge >= 0.3 is 5.97 Å². The minimum absolute atomic E-state index is 0.120. The SMILES string of the molecule is CCOc1cc(C2C(C(=O)OC3CCCCC3)=C(C)Nc3nc(SCc4ccccc4F)nn32)ccc1OCc1ccccc1Cl. The minimum Gasteiger partial charge on any atom is -0.490 e. The van der Waals surface area contributed by atoms with E-state index in [4.69, 9.17) is 35.9 Å². The van der Waals surface area contributed by atoms with Crippen molar-refractivity contribution >= 4 is 35.3 Å². The summed E-state index contributed by atoms with van der Waals surface area (Å²) in [6.07, 6.45) is 4.83. The Balaban J connectivity index is 1.34. The molecule has 46 heavy (non-hydrogen) atoms. The van der Waals surface area contributed by atoms with Crippen molar-refractivity contribution in [1.82, 2.24) is 14.8 Å². The Hall–Kier alpha value is -4.02. The number of thioether (sulfide) groups is 1. The summed E-state index contributed by atoms with van der Waals surface area (Å²) in [6.45, 7) is 4.43. The van der Waals surface area contributed by atoms with E-state index in [1.165, 1.54) is 17.8 Å². The molecular weight excluding hydrogens is 627 g/mol. The van der Waals surface area contributed by atoms with Crippen LogP contribution in [0.15, 0.2) is 83.2 Å². The van der Waals surface area contributed by atoms with Gasteiger partial charge in [-0.3, -0.25) is 0 Å². The molecule has 6 rings (SSSR count). The number of nitrogens with zero attached hydrogens (tertiary/aromatic N) is 3. The van der Waals surface area contributed by atoms with Crippen molar-refractivity contribution in [3.8, 4) is 11.5 Å². The first-order chi connectivity index (χ1) is 22.4. The number of ether oxygens (including phenoxy) is 3. The predicted octanol–water partition coefficient (Wildman–Crippen LogP) is 8.51. The fourth-order valence-corrected chi connectivity index (χ4v) is 6.78. The Bertz CT molecular complexity index is 1740. The lowest BCUT2D eigenvalue weighted by Crippen LogP contribution is -2.32. The lowest BCUT2D eigenvalue weighted by Gasteiger charge is -2.30. The van der Waals surface area contributed by atoms with Crippen molar-refractivity contribution in [3.63, 3.8) is 0 Å². The normalized spacial score (nSPS) is 16.5. The number of hydrogen-bond acceptors (Lipinski definition) is 8. The molecule has 1 aromatic heterocycles. The van der Waals surface area contributed by atoms with Gasteiger partial charge in [-0.15, -0.1) is 5.10 Å². The first kappa shape index (κ1) is 31.9. The van der Waals surface area contributed by atoms with Crippen LogP contribution in [0.3, 0.4) is 0 Å². The van der Waals surface area contributed by atoms with Crippen LogP contribution in [-0.2, 0) is 21.9 Å². The van der Waals surface area contributed by atoms with Gasteiger partial charge < -0.3 is 19.5 Å². The quantitative estimate of drug-likeness (QED) is 0.126. The lowest BCUT2D eigenvalue weighted by molar-refractivity contribution is -0.146.